The van der Waals surface area contributed by atoms with E-state index in [-0.39, 0.29) is 12.0 Å². The molecule has 0 bridgehead atoms. The van der Waals surface area contributed by atoms with E-state index in [1.54, 1.807) is 7.11 Å². The third kappa shape index (κ3) is 6.11. The number of hydrogen-bond donors (Lipinski definition) is 1. The summed E-state index contributed by atoms with van der Waals surface area (Å²) in [7, 11) is 1.69. The SMILES string of the molecule is CCN(CC1Cc2c(sc(N)c2C(=O)OC(C)(C)C)CN1Cc1ccc(OC)cc1)c1ccc2ccccc2c1. The molecule has 1 aromatic heterocycles. The van der Waals surface area contributed by atoms with E-state index in [1.807, 2.05) is 32.9 Å². The number of anilines is 2. The number of hydrogen-bond acceptors (Lipinski definition) is 7. The van der Waals surface area contributed by atoms with Gasteiger partial charge in [0.1, 0.15) is 16.4 Å². The largest absolute Gasteiger partial charge is 0.497 e. The summed E-state index contributed by atoms with van der Waals surface area (Å²) in [6.45, 7) is 11.1. The molecule has 0 radical (unpaired) electrons. The summed E-state index contributed by atoms with van der Waals surface area (Å²) in [6.07, 6.45) is 0.734. The summed E-state index contributed by atoms with van der Waals surface area (Å²) in [5.41, 5.74) is 9.90. The van der Waals surface area contributed by atoms with Crippen molar-refractivity contribution < 1.29 is 14.3 Å². The van der Waals surface area contributed by atoms with Crippen molar-refractivity contribution in [2.75, 3.05) is 30.8 Å². The van der Waals surface area contributed by atoms with Crippen molar-refractivity contribution in [2.45, 2.75) is 58.8 Å². The summed E-state index contributed by atoms with van der Waals surface area (Å²) >= 11 is 1.52. The molecule has 4 aromatic rings. The van der Waals surface area contributed by atoms with Crippen molar-refractivity contribution in [3.8, 4) is 5.75 Å². The molecule has 0 saturated carbocycles. The molecule has 5 rings (SSSR count). The van der Waals surface area contributed by atoms with Crippen LogP contribution in [-0.2, 0) is 24.2 Å². The van der Waals surface area contributed by atoms with Crippen molar-refractivity contribution in [1.29, 1.82) is 0 Å². The molecular weight excluding hydrogens is 518 g/mol. The fraction of sp³-hybridized carbons (Fsp3) is 0.364. The van der Waals surface area contributed by atoms with Gasteiger partial charge in [-0.05, 0) is 80.3 Å². The number of thiophene rings is 1. The standard InChI is InChI=1S/C33H39N3O3S/c1-6-35(25-14-13-23-9-7-8-10-24(23)17-25)20-26-18-28-29(40-31(34)30(28)32(37)39-33(2,3)4)21-36(26)19-22-11-15-27(38-5)16-12-22/h7-17,26H,6,18-21,34H2,1-5H3. The lowest BCUT2D eigenvalue weighted by Crippen LogP contribution is -2.47. The predicted molar refractivity (Wildman–Crippen MR) is 165 cm³/mol. The van der Waals surface area contributed by atoms with Crippen molar-refractivity contribution in [3.05, 3.63) is 88.3 Å². The smallest absolute Gasteiger partial charge is 0.341 e. The first-order chi connectivity index (χ1) is 19.1. The number of benzene rings is 3. The predicted octanol–water partition coefficient (Wildman–Crippen LogP) is 6.90. The van der Waals surface area contributed by atoms with E-state index in [0.29, 0.717) is 10.6 Å². The molecular formula is C33H39N3O3S. The molecule has 0 fully saturated rings. The van der Waals surface area contributed by atoms with Crippen LogP contribution in [0.25, 0.3) is 10.8 Å². The fourth-order valence-electron chi connectivity index (χ4n) is 5.48. The number of carbonyl (C=O) groups is 1. The zero-order chi connectivity index (χ0) is 28.4. The minimum absolute atomic E-state index is 0.177. The molecule has 1 atom stereocenters. The van der Waals surface area contributed by atoms with Gasteiger partial charge in [0, 0.05) is 42.8 Å². The van der Waals surface area contributed by atoms with E-state index in [0.717, 1.165) is 48.8 Å². The van der Waals surface area contributed by atoms with Crippen molar-refractivity contribution in [3.63, 3.8) is 0 Å². The molecule has 3 aromatic carbocycles. The van der Waals surface area contributed by atoms with Crippen molar-refractivity contribution in [2.24, 2.45) is 0 Å². The van der Waals surface area contributed by atoms with Gasteiger partial charge in [0.25, 0.3) is 0 Å². The van der Waals surface area contributed by atoms with E-state index < -0.39 is 5.60 Å². The minimum atomic E-state index is -0.581. The normalized spacial score (nSPS) is 15.6. The first-order valence-electron chi connectivity index (χ1n) is 13.9. The number of methoxy groups -OCH3 is 1. The topological polar surface area (TPSA) is 68.0 Å². The average molecular weight is 558 g/mol. The molecule has 2 heterocycles. The quantitative estimate of drug-likeness (QED) is 0.238. The second kappa shape index (κ2) is 11.5. The molecule has 1 aliphatic heterocycles. The van der Waals surface area contributed by atoms with Crippen LogP contribution in [0, 0.1) is 0 Å². The first-order valence-corrected chi connectivity index (χ1v) is 14.7. The van der Waals surface area contributed by atoms with Gasteiger partial charge in [0.15, 0.2) is 0 Å². The van der Waals surface area contributed by atoms with Crippen molar-refractivity contribution in [1.82, 2.24) is 4.90 Å². The maximum absolute atomic E-state index is 13.2. The third-order valence-electron chi connectivity index (χ3n) is 7.48. The van der Waals surface area contributed by atoms with E-state index in [9.17, 15) is 4.79 Å². The highest BCUT2D eigenvalue weighted by Crippen LogP contribution is 2.39. The summed E-state index contributed by atoms with van der Waals surface area (Å²) in [4.78, 5) is 19.3. The highest BCUT2D eigenvalue weighted by Gasteiger charge is 2.35. The third-order valence-corrected chi connectivity index (χ3v) is 8.53. The number of esters is 1. The summed E-state index contributed by atoms with van der Waals surface area (Å²) in [5, 5.41) is 3.02. The molecule has 1 unspecified atom stereocenters. The maximum atomic E-state index is 13.2. The second-order valence-electron chi connectivity index (χ2n) is 11.4. The Kier molecular flexibility index (Phi) is 8.06. The van der Waals surface area contributed by atoms with Crippen LogP contribution < -0.4 is 15.4 Å². The molecule has 6 nitrogen and oxygen atoms in total. The number of carbonyl (C=O) groups excluding carboxylic acids is 1. The molecule has 40 heavy (non-hydrogen) atoms. The molecule has 210 valence electrons. The minimum Gasteiger partial charge on any atom is -0.497 e. The zero-order valence-electron chi connectivity index (χ0n) is 24.1. The fourth-order valence-corrected chi connectivity index (χ4v) is 6.60. The van der Waals surface area contributed by atoms with E-state index >= 15 is 0 Å². The van der Waals surface area contributed by atoms with Gasteiger partial charge in [-0.3, -0.25) is 4.90 Å². The van der Waals surface area contributed by atoms with Crippen LogP contribution in [0.15, 0.2) is 66.7 Å². The highest BCUT2D eigenvalue weighted by atomic mass is 32.1. The van der Waals surface area contributed by atoms with Gasteiger partial charge < -0.3 is 20.1 Å². The average Bonchev–Trinajstić information content (AvgIpc) is 3.25. The van der Waals surface area contributed by atoms with Gasteiger partial charge in [0.2, 0.25) is 0 Å². The summed E-state index contributed by atoms with van der Waals surface area (Å²) < 4.78 is 11.1. The van der Waals surface area contributed by atoms with E-state index in [2.05, 4.69) is 71.3 Å². The first kappa shape index (κ1) is 28.0. The molecule has 0 amide bonds. The summed E-state index contributed by atoms with van der Waals surface area (Å²) in [5.74, 6) is 0.523. The molecule has 7 heteroatoms. The summed E-state index contributed by atoms with van der Waals surface area (Å²) in [6, 6.07) is 23.6. The number of nitrogen functional groups attached to an aromatic ring is 1. The van der Waals surface area contributed by atoms with Crippen molar-refractivity contribution >= 4 is 38.8 Å². The molecule has 1 aliphatic rings. The van der Waals surface area contributed by atoms with Crippen LogP contribution in [0.4, 0.5) is 10.7 Å². The number of nitrogens with zero attached hydrogens (tertiary/aromatic N) is 2. The van der Waals surface area contributed by atoms with Gasteiger partial charge in [-0.1, -0.05) is 42.5 Å². The lowest BCUT2D eigenvalue weighted by Gasteiger charge is -2.39. The Morgan fingerprint density at radius 1 is 1.07 bits per heavy atom. The van der Waals surface area contributed by atoms with E-state index in [4.69, 9.17) is 15.2 Å². The maximum Gasteiger partial charge on any atom is 0.341 e. The lowest BCUT2D eigenvalue weighted by atomic mass is 9.94. The zero-order valence-corrected chi connectivity index (χ0v) is 24.9. The Morgan fingerprint density at radius 3 is 2.48 bits per heavy atom. The van der Waals surface area contributed by atoms with Gasteiger partial charge in [-0.25, -0.2) is 4.79 Å². The van der Waals surface area contributed by atoms with Gasteiger partial charge in [-0.15, -0.1) is 11.3 Å². The van der Waals surface area contributed by atoms with Gasteiger partial charge in [-0.2, -0.15) is 0 Å². The molecule has 0 saturated heterocycles. The molecule has 0 spiro atoms. The Labute approximate surface area is 241 Å². The Bertz CT molecular complexity index is 1490. The van der Waals surface area contributed by atoms with E-state index in [1.165, 1.54) is 33.4 Å². The second-order valence-corrected chi connectivity index (χ2v) is 12.6. The van der Waals surface area contributed by atoms with Gasteiger partial charge in [0.05, 0.1) is 12.7 Å². The van der Waals surface area contributed by atoms with Crippen LogP contribution in [0.3, 0.4) is 0 Å². The Hall–Kier alpha value is -3.55. The molecule has 2 N–H and O–H groups in total. The highest BCUT2D eigenvalue weighted by molar-refractivity contribution is 7.16. The van der Waals surface area contributed by atoms with Crippen LogP contribution in [0.2, 0.25) is 0 Å². The number of nitrogens with two attached hydrogens (primary N) is 1. The van der Waals surface area contributed by atoms with Gasteiger partial charge >= 0.3 is 5.97 Å². The molecule has 0 aliphatic carbocycles. The van der Waals surface area contributed by atoms with Crippen LogP contribution in [0.5, 0.6) is 5.75 Å². The van der Waals surface area contributed by atoms with Crippen LogP contribution in [0.1, 0.15) is 54.1 Å². The number of likely N-dealkylation sites (N-methyl/N-ethyl adjacent to an activating group) is 1. The lowest BCUT2D eigenvalue weighted by molar-refractivity contribution is 0.00689. The Balaban J connectivity index is 1.47. The Morgan fingerprint density at radius 2 is 1.80 bits per heavy atom. The number of fused-ring (bicyclic) bond motifs is 2. The monoisotopic (exact) mass is 557 g/mol. The number of rotatable bonds is 8. The van der Waals surface area contributed by atoms with Crippen LogP contribution >= 0.6 is 11.3 Å². The number of ether oxygens (including phenoxy) is 2. The van der Waals surface area contributed by atoms with Crippen LogP contribution in [-0.4, -0.2) is 42.7 Å².